The predicted molar refractivity (Wildman–Crippen MR) is 65.4 cm³/mol. The molecule has 1 saturated carbocycles. The Bertz CT molecular complexity index is 317. The molecule has 0 aromatic heterocycles. The zero-order chi connectivity index (χ0) is 12.4. The molecule has 0 radical (unpaired) electrons. The van der Waals surface area contributed by atoms with Crippen LogP contribution in [0.4, 0.5) is 4.79 Å². The molecule has 3 unspecified atom stereocenters. The van der Waals surface area contributed by atoms with Crippen molar-refractivity contribution in [3.8, 4) is 0 Å². The molecule has 4 heteroatoms. The molecule has 2 rings (SSSR count). The van der Waals surface area contributed by atoms with Gasteiger partial charge in [-0.3, -0.25) is 10.1 Å². The van der Waals surface area contributed by atoms with E-state index >= 15 is 0 Å². The summed E-state index contributed by atoms with van der Waals surface area (Å²) in [5.41, 5.74) is 0. The Morgan fingerprint density at radius 2 is 2.12 bits per heavy atom. The Morgan fingerprint density at radius 1 is 1.35 bits per heavy atom. The SMILES string of the molecule is CCC1CCCC(N2CC(C)C(=O)NC2=O)C1. The van der Waals surface area contributed by atoms with Crippen molar-refractivity contribution in [1.29, 1.82) is 0 Å². The molecule has 0 aromatic carbocycles. The highest BCUT2D eigenvalue weighted by atomic mass is 16.2. The lowest BCUT2D eigenvalue weighted by Gasteiger charge is -2.40. The zero-order valence-corrected chi connectivity index (χ0v) is 10.7. The van der Waals surface area contributed by atoms with Gasteiger partial charge in [0.1, 0.15) is 0 Å². The van der Waals surface area contributed by atoms with Crippen molar-refractivity contribution in [3.05, 3.63) is 0 Å². The second kappa shape index (κ2) is 5.07. The van der Waals surface area contributed by atoms with Crippen molar-refractivity contribution in [2.45, 2.75) is 52.0 Å². The number of rotatable bonds is 2. The van der Waals surface area contributed by atoms with Crippen molar-refractivity contribution in [3.63, 3.8) is 0 Å². The van der Waals surface area contributed by atoms with Gasteiger partial charge in [-0.25, -0.2) is 4.79 Å². The van der Waals surface area contributed by atoms with E-state index in [2.05, 4.69) is 12.2 Å². The van der Waals surface area contributed by atoms with E-state index in [0.717, 1.165) is 18.8 Å². The van der Waals surface area contributed by atoms with Crippen molar-refractivity contribution in [1.82, 2.24) is 10.2 Å². The summed E-state index contributed by atoms with van der Waals surface area (Å²) in [6.45, 7) is 4.69. The van der Waals surface area contributed by atoms with E-state index in [-0.39, 0.29) is 17.9 Å². The second-order valence-electron chi connectivity index (χ2n) is 5.44. The third-order valence-corrected chi connectivity index (χ3v) is 4.18. The summed E-state index contributed by atoms with van der Waals surface area (Å²) in [5.74, 6) is 0.540. The maximum Gasteiger partial charge on any atom is 0.324 e. The molecule has 2 aliphatic rings. The number of nitrogens with one attached hydrogen (secondary N) is 1. The highest BCUT2D eigenvalue weighted by Gasteiger charge is 2.35. The number of nitrogens with zero attached hydrogens (tertiary/aromatic N) is 1. The van der Waals surface area contributed by atoms with Crippen LogP contribution >= 0.6 is 0 Å². The number of carbonyl (C=O) groups excluding carboxylic acids is 2. The molecule has 1 heterocycles. The minimum atomic E-state index is -0.185. The first-order valence-corrected chi connectivity index (χ1v) is 6.73. The lowest BCUT2D eigenvalue weighted by Crippen LogP contribution is -2.57. The monoisotopic (exact) mass is 238 g/mol. The van der Waals surface area contributed by atoms with Crippen LogP contribution < -0.4 is 5.32 Å². The highest BCUT2D eigenvalue weighted by molar-refractivity contribution is 5.97. The summed E-state index contributed by atoms with van der Waals surface area (Å²) in [4.78, 5) is 25.1. The minimum absolute atomic E-state index is 0.0743. The third-order valence-electron chi connectivity index (χ3n) is 4.18. The fourth-order valence-electron chi connectivity index (χ4n) is 2.99. The lowest BCUT2D eigenvalue weighted by atomic mass is 9.83. The van der Waals surface area contributed by atoms with Crippen LogP contribution in [-0.2, 0) is 4.79 Å². The van der Waals surface area contributed by atoms with Gasteiger partial charge in [0.25, 0.3) is 0 Å². The maximum atomic E-state index is 11.8. The number of urea groups is 1. The Kier molecular flexibility index (Phi) is 3.69. The quantitative estimate of drug-likeness (QED) is 0.801. The van der Waals surface area contributed by atoms with Gasteiger partial charge in [-0.05, 0) is 18.8 Å². The van der Waals surface area contributed by atoms with Gasteiger partial charge in [0.05, 0.1) is 5.92 Å². The van der Waals surface area contributed by atoms with Gasteiger partial charge in [-0.2, -0.15) is 0 Å². The van der Waals surface area contributed by atoms with Crippen molar-refractivity contribution in [2.75, 3.05) is 6.54 Å². The number of hydrogen-bond donors (Lipinski definition) is 1. The molecule has 0 aromatic rings. The third kappa shape index (κ3) is 2.61. The number of imide groups is 1. The van der Waals surface area contributed by atoms with Gasteiger partial charge in [0.2, 0.25) is 5.91 Å². The Labute approximate surface area is 103 Å². The van der Waals surface area contributed by atoms with Gasteiger partial charge in [-0.1, -0.05) is 33.1 Å². The fraction of sp³-hybridized carbons (Fsp3) is 0.846. The van der Waals surface area contributed by atoms with Crippen LogP contribution in [0.5, 0.6) is 0 Å². The molecule has 3 atom stereocenters. The number of carbonyl (C=O) groups is 2. The molecule has 3 amide bonds. The van der Waals surface area contributed by atoms with E-state index in [1.807, 2.05) is 11.8 Å². The summed E-state index contributed by atoms with van der Waals surface area (Å²) in [7, 11) is 0. The zero-order valence-electron chi connectivity index (χ0n) is 10.7. The summed E-state index contributed by atoms with van der Waals surface area (Å²) < 4.78 is 0. The van der Waals surface area contributed by atoms with Gasteiger partial charge < -0.3 is 4.90 Å². The minimum Gasteiger partial charge on any atom is -0.321 e. The largest absolute Gasteiger partial charge is 0.324 e. The first-order valence-electron chi connectivity index (χ1n) is 6.73. The fourth-order valence-corrected chi connectivity index (χ4v) is 2.99. The first kappa shape index (κ1) is 12.4. The molecular weight excluding hydrogens is 216 g/mol. The van der Waals surface area contributed by atoms with E-state index in [0.29, 0.717) is 12.6 Å². The topological polar surface area (TPSA) is 49.4 Å². The van der Waals surface area contributed by atoms with Gasteiger partial charge in [0, 0.05) is 12.6 Å². The normalized spacial score (nSPS) is 34.7. The van der Waals surface area contributed by atoms with Crippen LogP contribution in [0, 0.1) is 11.8 Å². The van der Waals surface area contributed by atoms with Crippen LogP contribution in [0.15, 0.2) is 0 Å². The number of hydrogen-bond acceptors (Lipinski definition) is 2. The average molecular weight is 238 g/mol. The predicted octanol–water partition coefficient (Wildman–Crippen LogP) is 2.14. The second-order valence-corrected chi connectivity index (χ2v) is 5.44. The van der Waals surface area contributed by atoms with Crippen LogP contribution in [0.25, 0.3) is 0 Å². The maximum absolute atomic E-state index is 11.8. The summed E-state index contributed by atoms with van der Waals surface area (Å²) in [5, 5.41) is 2.46. The van der Waals surface area contributed by atoms with Crippen molar-refractivity contribution >= 4 is 11.9 Å². The first-order chi connectivity index (χ1) is 8.11. The summed E-state index contributed by atoms with van der Waals surface area (Å²) in [6.07, 6.45) is 5.88. The van der Waals surface area contributed by atoms with Crippen LogP contribution in [0.3, 0.4) is 0 Å². The summed E-state index contributed by atoms with van der Waals surface area (Å²) in [6, 6.07) is 0.152. The molecule has 1 aliphatic heterocycles. The molecule has 96 valence electrons. The smallest absolute Gasteiger partial charge is 0.321 e. The molecule has 1 aliphatic carbocycles. The lowest BCUT2D eigenvalue weighted by molar-refractivity contribution is -0.125. The average Bonchev–Trinajstić information content (AvgIpc) is 2.34. The van der Waals surface area contributed by atoms with Crippen LogP contribution in [-0.4, -0.2) is 29.4 Å². The molecule has 1 N–H and O–H groups in total. The molecular formula is C13H22N2O2. The number of amides is 3. The summed E-state index contributed by atoms with van der Waals surface area (Å²) >= 11 is 0. The van der Waals surface area contributed by atoms with E-state index in [4.69, 9.17) is 0 Å². The van der Waals surface area contributed by atoms with Crippen LogP contribution in [0.1, 0.15) is 46.0 Å². The molecule has 1 saturated heterocycles. The van der Waals surface area contributed by atoms with Gasteiger partial charge in [0.15, 0.2) is 0 Å². The van der Waals surface area contributed by atoms with E-state index < -0.39 is 0 Å². The van der Waals surface area contributed by atoms with Gasteiger partial charge in [-0.15, -0.1) is 0 Å². The molecule has 0 spiro atoms. The van der Waals surface area contributed by atoms with Gasteiger partial charge >= 0.3 is 6.03 Å². The van der Waals surface area contributed by atoms with E-state index in [1.54, 1.807) is 0 Å². The Balaban J connectivity index is 2.01. The Hall–Kier alpha value is -1.06. The molecule has 0 bridgehead atoms. The molecule has 4 nitrogen and oxygen atoms in total. The van der Waals surface area contributed by atoms with Crippen molar-refractivity contribution < 1.29 is 9.59 Å². The Morgan fingerprint density at radius 3 is 2.82 bits per heavy atom. The standard InChI is InChI=1S/C13H22N2O2/c1-3-10-5-4-6-11(7-10)15-8-9(2)12(16)14-13(15)17/h9-11H,3-8H2,1-2H3,(H,14,16,17). The van der Waals surface area contributed by atoms with E-state index in [9.17, 15) is 9.59 Å². The molecule has 2 fully saturated rings. The van der Waals surface area contributed by atoms with Crippen LogP contribution in [0.2, 0.25) is 0 Å². The molecule has 17 heavy (non-hydrogen) atoms. The van der Waals surface area contributed by atoms with Crippen molar-refractivity contribution in [2.24, 2.45) is 11.8 Å². The van der Waals surface area contributed by atoms with E-state index in [1.165, 1.54) is 19.3 Å². The highest BCUT2D eigenvalue weighted by Crippen LogP contribution is 2.30.